The first-order valence-electron chi connectivity index (χ1n) is 35.0. The Hall–Kier alpha value is -14.9. The standard InChI is InChI=1S/C90H54N16/c1-9-29-55(30-10-1)79-91-80(56-31-11-2-12-32-56)96-87(95-79)103-67-47-27-25-45-63(67)75-69(103)49-51-71-77(75)65-53-74-66(54-73(65)105(71)89-99-83(59-37-17-5-18-38-59)93-84(100-89)60-39-19-6-20-40-60)78-72(106(74)90-101-85(61-41-21-7-22-42-61)94-86(102-90)62-43-23-8-24-44-62)52-50-70-76(78)64-46-26-28-48-68(64)104(70)88-97-81(57-33-13-3-14-34-57)92-82(98-88)58-35-15-4-16-36-58/h1-54H. The van der Waals surface area contributed by atoms with E-state index in [1.54, 1.807) is 0 Å². The van der Waals surface area contributed by atoms with Gasteiger partial charge in [0.05, 0.1) is 44.1 Å². The van der Waals surface area contributed by atoms with Gasteiger partial charge in [0, 0.05) is 87.6 Å². The monoisotopic (exact) mass is 1360 g/mol. The van der Waals surface area contributed by atoms with Crippen molar-refractivity contribution in [1.29, 1.82) is 0 Å². The molecule has 8 heterocycles. The second kappa shape index (κ2) is 24.4. The third-order valence-corrected chi connectivity index (χ3v) is 19.8. The molecular weight excluding hydrogens is 1310 g/mol. The summed E-state index contributed by atoms with van der Waals surface area (Å²) in [6, 6.07) is 111. The molecule has 13 aromatic carbocycles. The minimum absolute atomic E-state index is 0.425. The van der Waals surface area contributed by atoms with Crippen molar-refractivity contribution in [2.75, 3.05) is 0 Å². The van der Waals surface area contributed by atoms with Gasteiger partial charge in [0.1, 0.15) is 0 Å². The van der Waals surface area contributed by atoms with E-state index in [2.05, 4.69) is 103 Å². The SMILES string of the molecule is c1ccc(-c2nc(-c3ccccc3)nc(-n3c4ccccc4c4c5c6cc7c(cc6n(-c6nc(-c8ccccc8)nc(-c8ccccc8)n6)c5ccc43)c3c4c5ccccc5n(-c5nc(-c6ccccc6)nc(-c6ccccc6)n5)c4ccc3n7-c3nc(-c4ccccc4)nc(-c4ccccc4)n3)n2)cc1. The lowest BCUT2D eigenvalue weighted by atomic mass is 10.0. The first-order chi connectivity index (χ1) is 52.6. The minimum atomic E-state index is 0.425. The molecule has 0 fully saturated rings. The Morgan fingerprint density at radius 1 is 0.142 bits per heavy atom. The Morgan fingerprint density at radius 2 is 0.321 bits per heavy atom. The molecule has 0 N–H and O–H groups in total. The Bertz CT molecular complexity index is 6380. The summed E-state index contributed by atoms with van der Waals surface area (Å²) in [5.41, 5.74) is 13.7. The van der Waals surface area contributed by atoms with E-state index in [1.165, 1.54) is 0 Å². The summed E-state index contributed by atoms with van der Waals surface area (Å²) < 4.78 is 8.80. The highest BCUT2D eigenvalue weighted by molar-refractivity contribution is 6.33. The van der Waals surface area contributed by atoms with Gasteiger partial charge in [-0.2, -0.15) is 39.9 Å². The van der Waals surface area contributed by atoms with E-state index in [9.17, 15) is 0 Å². The van der Waals surface area contributed by atoms with Gasteiger partial charge in [-0.05, 0) is 48.5 Å². The minimum Gasteiger partial charge on any atom is -0.278 e. The summed E-state index contributed by atoms with van der Waals surface area (Å²) in [6.45, 7) is 0. The third kappa shape index (κ3) is 9.84. The molecule has 0 atom stereocenters. The topological polar surface area (TPSA) is 174 Å². The van der Waals surface area contributed by atoms with Crippen molar-refractivity contribution in [3.8, 4) is 115 Å². The van der Waals surface area contributed by atoms with Crippen molar-refractivity contribution in [3.05, 3.63) is 328 Å². The van der Waals surface area contributed by atoms with Crippen molar-refractivity contribution in [2.24, 2.45) is 0 Å². The molecular formula is C90H54N16. The van der Waals surface area contributed by atoms with Crippen LogP contribution in [0, 0.1) is 0 Å². The van der Waals surface area contributed by atoms with Crippen molar-refractivity contribution < 1.29 is 0 Å². The molecule has 494 valence electrons. The van der Waals surface area contributed by atoms with Gasteiger partial charge in [-0.1, -0.05) is 279 Å². The van der Waals surface area contributed by atoms with Crippen LogP contribution in [-0.4, -0.2) is 78.1 Å². The van der Waals surface area contributed by atoms with Crippen LogP contribution in [0.2, 0.25) is 0 Å². The van der Waals surface area contributed by atoms with Gasteiger partial charge in [0.25, 0.3) is 0 Å². The van der Waals surface area contributed by atoms with Gasteiger partial charge in [-0.25, -0.2) is 19.9 Å². The van der Waals surface area contributed by atoms with Gasteiger partial charge in [0.2, 0.25) is 23.8 Å². The van der Waals surface area contributed by atoms with Gasteiger partial charge in [0.15, 0.2) is 46.6 Å². The Morgan fingerprint density at radius 3 is 0.538 bits per heavy atom. The number of hydrogen-bond donors (Lipinski definition) is 0. The summed E-state index contributed by atoms with van der Waals surface area (Å²) in [6.07, 6.45) is 0. The number of aromatic nitrogens is 16. The molecule has 16 nitrogen and oxygen atoms in total. The molecule has 21 rings (SSSR count). The smallest absolute Gasteiger partial charge is 0.238 e. The second-order valence-electron chi connectivity index (χ2n) is 26.0. The molecule has 0 bridgehead atoms. The summed E-state index contributed by atoms with van der Waals surface area (Å²) >= 11 is 0. The van der Waals surface area contributed by atoms with Crippen LogP contribution in [0.25, 0.3) is 202 Å². The highest BCUT2D eigenvalue weighted by atomic mass is 15.2. The van der Waals surface area contributed by atoms with Crippen LogP contribution in [0.4, 0.5) is 0 Å². The van der Waals surface area contributed by atoms with Crippen molar-refractivity contribution in [2.45, 2.75) is 0 Å². The van der Waals surface area contributed by atoms with Gasteiger partial charge >= 0.3 is 0 Å². The average molecular weight is 1360 g/mol. The van der Waals surface area contributed by atoms with E-state index in [1.807, 2.05) is 243 Å². The van der Waals surface area contributed by atoms with E-state index >= 15 is 0 Å². The molecule has 0 saturated carbocycles. The fraction of sp³-hybridized carbons (Fsp3) is 0. The first-order valence-corrected chi connectivity index (χ1v) is 35.0. The van der Waals surface area contributed by atoms with Crippen LogP contribution in [-0.2, 0) is 0 Å². The van der Waals surface area contributed by atoms with E-state index in [-0.39, 0.29) is 0 Å². The second-order valence-corrected chi connectivity index (χ2v) is 26.0. The largest absolute Gasteiger partial charge is 0.278 e. The van der Waals surface area contributed by atoms with Crippen LogP contribution in [0.1, 0.15) is 0 Å². The molecule has 0 amide bonds. The van der Waals surface area contributed by atoms with Crippen molar-refractivity contribution in [1.82, 2.24) is 78.1 Å². The predicted octanol–water partition coefficient (Wildman–Crippen LogP) is 20.2. The highest BCUT2D eigenvalue weighted by Crippen LogP contribution is 2.48. The lowest BCUT2D eigenvalue weighted by Gasteiger charge is -2.12. The molecule has 0 radical (unpaired) electrons. The third-order valence-electron chi connectivity index (χ3n) is 19.8. The first kappa shape index (κ1) is 59.9. The Kier molecular flexibility index (Phi) is 13.8. The molecule has 21 aromatic rings. The lowest BCUT2D eigenvalue weighted by Crippen LogP contribution is -2.07. The van der Waals surface area contributed by atoms with Crippen LogP contribution < -0.4 is 0 Å². The maximum Gasteiger partial charge on any atom is 0.238 e. The van der Waals surface area contributed by atoms with Gasteiger partial charge in [-0.15, -0.1) is 0 Å². The number of hydrogen-bond acceptors (Lipinski definition) is 12. The summed E-state index contributed by atoms with van der Waals surface area (Å²) in [5, 5.41) is 7.58. The highest BCUT2D eigenvalue weighted by Gasteiger charge is 2.30. The van der Waals surface area contributed by atoms with E-state index in [0.29, 0.717) is 70.4 Å². The Balaban J connectivity index is 0.935. The zero-order chi connectivity index (χ0) is 69.8. The quantitative estimate of drug-likeness (QED) is 0.113. The molecule has 0 saturated heterocycles. The fourth-order valence-electron chi connectivity index (χ4n) is 15.1. The molecule has 8 aromatic heterocycles. The zero-order valence-electron chi connectivity index (χ0n) is 56.3. The lowest BCUT2D eigenvalue weighted by molar-refractivity contribution is 0.949. The number of fused-ring (bicyclic) bond motifs is 14. The van der Waals surface area contributed by atoms with Gasteiger partial charge < -0.3 is 0 Å². The molecule has 0 unspecified atom stereocenters. The van der Waals surface area contributed by atoms with Crippen LogP contribution in [0.5, 0.6) is 0 Å². The average Bonchev–Trinajstić information content (AvgIpc) is 1.52. The van der Waals surface area contributed by atoms with E-state index in [4.69, 9.17) is 59.8 Å². The molecule has 106 heavy (non-hydrogen) atoms. The zero-order valence-corrected chi connectivity index (χ0v) is 56.3. The maximum absolute atomic E-state index is 5.56. The predicted molar refractivity (Wildman–Crippen MR) is 421 cm³/mol. The molecule has 16 heteroatoms. The van der Waals surface area contributed by atoms with Crippen LogP contribution in [0.3, 0.4) is 0 Å². The maximum atomic E-state index is 5.56. The van der Waals surface area contributed by atoms with E-state index < -0.39 is 0 Å². The molecule has 0 aliphatic rings. The molecule has 0 spiro atoms. The summed E-state index contributed by atoms with van der Waals surface area (Å²) in [4.78, 5) is 64.6. The van der Waals surface area contributed by atoms with Crippen LogP contribution in [0.15, 0.2) is 328 Å². The number of para-hydroxylation sites is 2. The summed E-state index contributed by atoms with van der Waals surface area (Å²) in [5.74, 6) is 6.04. The molecule has 0 aliphatic carbocycles. The normalized spacial score (nSPS) is 11.8. The fourth-order valence-corrected chi connectivity index (χ4v) is 15.1. The van der Waals surface area contributed by atoms with Crippen molar-refractivity contribution in [3.63, 3.8) is 0 Å². The van der Waals surface area contributed by atoms with Gasteiger partial charge in [-0.3, -0.25) is 18.3 Å². The van der Waals surface area contributed by atoms with Crippen molar-refractivity contribution >= 4 is 87.2 Å². The van der Waals surface area contributed by atoms with Crippen LogP contribution >= 0.6 is 0 Å². The Labute approximate surface area is 604 Å². The number of rotatable bonds is 12. The van der Waals surface area contributed by atoms with E-state index in [0.717, 1.165) is 132 Å². The summed E-state index contributed by atoms with van der Waals surface area (Å²) in [7, 11) is 0. The molecule has 0 aliphatic heterocycles. The number of benzene rings is 13. The number of nitrogens with zero attached hydrogens (tertiary/aromatic N) is 16.